The maximum Gasteiger partial charge on any atom is 0.289 e. The monoisotopic (exact) mass is 609 g/mol. The number of hydrogen-bond donors (Lipinski definition) is 5. The first-order chi connectivity index (χ1) is 18.0. The minimum absolute atomic E-state index is 0. The van der Waals surface area contributed by atoms with Gasteiger partial charge in [-0.05, 0) is 56.9 Å². The lowest BCUT2D eigenvalue weighted by Crippen LogP contribution is -2.50. The van der Waals surface area contributed by atoms with Crippen LogP contribution in [0.3, 0.4) is 0 Å². The highest BCUT2D eigenvalue weighted by Gasteiger charge is 2.28. The largest absolute Gasteiger partial charge is 0.370 e. The third-order valence-corrected chi connectivity index (χ3v) is 7.30. The van der Waals surface area contributed by atoms with Crippen molar-refractivity contribution in [2.24, 2.45) is 5.73 Å². The Morgan fingerprint density at radius 2 is 1.82 bits per heavy atom. The van der Waals surface area contributed by atoms with Gasteiger partial charge in [0.25, 0.3) is 5.91 Å². The molecule has 1 unspecified atom stereocenters. The minimum Gasteiger partial charge on any atom is -0.370 e. The molecule has 0 spiro atoms. The molecule has 1 saturated carbocycles. The Balaban J connectivity index is 0.00000187. The molecule has 3 heterocycles. The summed E-state index contributed by atoms with van der Waals surface area (Å²) in [6, 6.07) is 12.1. The molecule has 3 aromatic rings. The predicted octanol–water partition coefficient (Wildman–Crippen LogP) is 4.20. The van der Waals surface area contributed by atoms with Crippen LogP contribution in [0.25, 0.3) is 10.9 Å². The Morgan fingerprint density at radius 1 is 1.05 bits per heavy atom. The number of amides is 1. The molecule has 2 aliphatic rings. The van der Waals surface area contributed by atoms with Gasteiger partial charge in [-0.25, -0.2) is 15.0 Å². The molecule has 0 bridgehead atoms. The Bertz CT molecular complexity index is 1280. The molecule has 1 aromatic carbocycles. The molecule has 218 valence electrons. The number of nitrogens with one attached hydrogen (secondary N) is 4. The van der Waals surface area contributed by atoms with Crippen LogP contribution in [0.1, 0.15) is 54.7 Å². The predicted molar refractivity (Wildman–Crippen MR) is 168 cm³/mol. The van der Waals surface area contributed by atoms with Gasteiger partial charge in [0.1, 0.15) is 11.6 Å². The van der Waals surface area contributed by atoms with Crippen LogP contribution in [-0.4, -0.2) is 58.0 Å². The van der Waals surface area contributed by atoms with Crippen LogP contribution < -0.4 is 26.6 Å². The fourth-order valence-corrected chi connectivity index (χ4v) is 5.47. The number of aryl methyl sites for hydroxylation is 1. The normalized spacial score (nSPS) is 19.9. The summed E-state index contributed by atoms with van der Waals surface area (Å²) >= 11 is 0. The number of fused-ring (bicyclic) bond motifs is 1. The summed E-state index contributed by atoms with van der Waals surface area (Å²) in [5, 5.41) is 18.3. The van der Waals surface area contributed by atoms with Crippen LogP contribution in [0, 0.1) is 12.3 Å². The second kappa shape index (κ2) is 15.1. The molecule has 1 saturated heterocycles. The molecule has 10 nitrogen and oxygen atoms in total. The SMILES string of the molecule is Cc1ccc2nc(C(=O)NCC3CCCN3c3ccccn3)nc(N[C@H]3CCCC[C@H]3NC(=N)N)c2c1.Cl.Cl.Cl. The molecule has 6 N–H and O–H groups in total. The second-order valence-electron chi connectivity index (χ2n) is 10.0. The quantitative estimate of drug-likeness (QED) is 0.198. The van der Waals surface area contributed by atoms with Gasteiger partial charge in [-0.15, -0.1) is 37.2 Å². The Morgan fingerprint density at radius 3 is 2.55 bits per heavy atom. The van der Waals surface area contributed by atoms with Crippen molar-refractivity contribution in [3.63, 3.8) is 0 Å². The summed E-state index contributed by atoms with van der Waals surface area (Å²) in [4.78, 5) is 29.3. The number of rotatable bonds is 7. The van der Waals surface area contributed by atoms with E-state index in [1.165, 1.54) is 0 Å². The van der Waals surface area contributed by atoms with Crippen molar-refractivity contribution in [1.29, 1.82) is 5.41 Å². The lowest BCUT2D eigenvalue weighted by atomic mass is 9.90. The molecular weight excluding hydrogens is 573 g/mol. The van der Waals surface area contributed by atoms with Crippen molar-refractivity contribution in [3.05, 3.63) is 54.0 Å². The van der Waals surface area contributed by atoms with Gasteiger partial charge in [-0.2, -0.15) is 0 Å². The summed E-state index contributed by atoms with van der Waals surface area (Å²) in [7, 11) is 0. The number of anilines is 2. The van der Waals surface area contributed by atoms with Gasteiger partial charge in [0.05, 0.1) is 5.52 Å². The number of nitrogens with two attached hydrogens (primary N) is 1. The third-order valence-electron chi connectivity index (χ3n) is 7.30. The highest BCUT2D eigenvalue weighted by atomic mass is 35.5. The van der Waals surface area contributed by atoms with Crippen molar-refractivity contribution >= 4 is 71.6 Å². The Hall–Kier alpha value is -3.08. The molecule has 2 fully saturated rings. The summed E-state index contributed by atoms with van der Waals surface area (Å²) in [5.41, 5.74) is 7.45. The smallest absolute Gasteiger partial charge is 0.289 e. The lowest BCUT2D eigenvalue weighted by Gasteiger charge is -2.33. The van der Waals surface area contributed by atoms with E-state index in [1.807, 2.05) is 43.3 Å². The number of pyridine rings is 1. The standard InChI is InChI=1S/C27H35N9O.3ClH/c1-17-11-12-20-19(15-17)24(33-21-8-2-3-9-22(21)34-27(28)29)35-25(32-20)26(37)31-16-18-7-6-14-36(18)23-10-4-5-13-30-23;;;/h4-5,10-13,15,18,21-22H,2-3,6-9,14,16H2,1H3,(H,31,37)(H4,28,29,34)(H,32,33,35);3*1H/t18?,21-,22+;;;/m0.../s1. The fourth-order valence-electron chi connectivity index (χ4n) is 5.47. The van der Waals surface area contributed by atoms with E-state index in [-0.39, 0.29) is 73.0 Å². The van der Waals surface area contributed by atoms with Crippen LogP contribution in [0.4, 0.5) is 11.6 Å². The molecular formula is C27H38Cl3N9O. The molecule has 0 radical (unpaired) electrons. The molecule has 40 heavy (non-hydrogen) atoms. The Labute approximate surface area is 253 Å². The summed E-state index contributed by atoms with van der Waals surface area (Å²) < 4.78 is 0. The van der Waals surface area contributed by atoms with Crippen LogP contribution in [0.15, 0.2) is 42.6 Å². The van der Waals surface area contributed by atoms with E-state index in [1.54, 1.807) is 6.20 Å². The van der Waals surface area contributed by atoms with Crippen LogP contribution in [0.5, 0.6) is 0 Å². The van der Waals surface area contributed by atoms with E-state index in [4.69, 9.17) is 16.1 Å². The summed E-state index contributed by atoms with van der Waals surface area (Å²) in [6.45, 7) is 3.45. The molecule has 13 heteroatoms. The number of guanidine groups is 1. The van der Waals surface area contributed by atoms with E-state index in [9.17, 15) is 4.79 Å². The number of nitrogens with zero attached hydrogens (tertiary/aromatic N) is 4. The van der Waals surface area contributed by atoms with Crippen LogP contribution in [0.2, 0.25) is 0 Å². The lowest BCUT2D eigenvalue weighted by molar-refractivity contribution is 0.0941. The van der Waals surface area contributed by atoms with Gasteiger partial charge in [0.15, 0.2) is 5.96 Å². The molecule has 2 aromatic heterocycles. The van der Waals surface area contributed by atoms with Gasteiger partial charge >= 0.3 is 0 Å². The maximum atomic E-state index is 13.3. The molecule has 1 aliphatic carbocycles. The van der Waals surface area contributed by atoms with Crippen LogP contribution >= 0.6 is 37.2 Å². The zero-order valence-electron chi connectivity index (χ0n) is 22.4. The average Bonchev–Trinajstić information content (AvgIpc) is 3.37. The zero-order valence-corrected chi connectivity index (χ0v) is 24.9. The van der Waals surface area contributed by atoms with E-state index in [0.717, 1.165) is 67.4 Å². The average molecular weight is 611 g/mol. The fraction of sp³-hybridized carbons (Fsp3) is 0.444. The molecule has 3 atom stereocenters. The number of carbonyl (C=O) groups excluding carboxylic acids is 1. The first kappa shape index (κ1) is 33.1. The highest BCUT2D eigenvalue weighted by Crippen LogP contribution is 2.27. The number of carbonyl (C=O) groups is 1. The van der Waals surface area contributed by atoms with E-state index < -0.39 is 0 Å². The van der Waals surface area contributed by atoms with Crippen molar-refractivity contribution < 1.29 is 4.79 Å². The van der Waals surface area contributed by atoms with Crippen molar-refractivity contribution in [2.75, 3.05) is 23.3 Å². The first-order valence-electron chi connectivity index (χ1n) is 13.1. The van der Waals surface area contributed by atoms with E-state index in [2.05, 4.69) is 30.8 Å². The number of aromatic nitrogens is 3. The van der Waals surface area contributed by atoms with Gasteiger partial charge in [-0.3, -0.25) is 10.2 Å². The first-order valence-corrected chi connectivity index (χ1v) is 13.1. The van der Waals surface area contributed by atoms with Crippen molar-refractivity contribution in [1.82, 2.24) is 25.6 Å². The van der Waals surface area contributed by atoms with E-state index >= 15 is 0 Å². The molecule has 1 aliphatic heterocycles. The van der Waals surface area contributed by atoms with Gasteiger partial charge in [0, 0.05) is 42.8 Å². The number of hydrogen-bond acceptors (Lipinski definition) is 7. The number of halogens is 3. The number of benzene rings is 1. The third kappa shape index (κ3) is 7.77. The minimum atomic E-state index is -0.291. The summed E-state index contributed by atoms with van der Waals surface area (Å²) in [6.07, 6.45) is 7.86. The molecule has 5 rings (SSSR count). The van der Waals surface area contributed by atoms with Crippen molar-refractivity contribution in [3.8, 4) is 0 Å². The van der Waals surface area contributed by atoms with Gasteiger partial charge < -0.3 is 26.6 Å². The van der Waals surface area contributed by atoms with Crippen molar-refractivity contribution in [2.45, 2.75) is 63.6 Å². The van der Waals surface area contributed by atoms with E-state index in [0.29, 0.717) is 12.4 Å². The topological polar surface area (TPSA) is 145 Å². The molecule has 1 amide bonds. The maximum absolute atomic E-state index is 13.3. The zero-order chi connectivity index (χ0) is 25.8. The van der Waals surface area contributed by atoms with Gasteiger partial charge in [-0.1, -0.05) is 30.5 Å². The van der Waals surface area contributed by atoms with Crippen LogP contribution in [-0.2, 0) is 0 Å². The highest BCUT2D eigenvalue weighted by molar-refractivity contribution is 5.96. The Kier molecular flexibility index (Phi) is 12.5. The summed E-state index contributed by atoms with van der Waals surface area (Å²) in [5.74, 6) is 1.39. The second-order valence-corrected chi connectivity index (χ2v) is 10.0. The van der Waals surface area contributed by atoms with Gasteiger partial charge in [0.2, 0.25) is 5.82 Å².